The fraction of sp³-hybridized carbons (Fsp3) is 0.350. The Hall–Kier alpha value is -3.09. The first-order chi connectivity index (χ1) is 13.1. The lowest BCUT2D eigenvalue weighted by atomic mass is 10.1. The Morgan fingerprint density at radius 2 is 1.85 bits per heavy atom. The van der Waals surface area contributed by atoms with Gasteiger partial charge in [-0.15, -0.1) is 0 Å². The lowest BCUT2D eigenvalue weighted by Gasteiger charge is -2.28. The fourth-order valence-electron chi connectivity index (χ4n) is 3.22. The molecule has 1 aliphatic heterocycles. The Morgan fingerprint density at radius 3 is 2.48 bits per heavy atom. The summed E-state index contributed by atoms with van der Waals surface area (Å²) in [5, 5.41) is 14.3. The van der Waals surface area contributed by atoms with Crippen molar-refractivity contribution < 1.29 is 14.5 Å². The SMILES string of the molecule is CCOc1ccc(NC(=O)c2ccc(N3CCCCC3)c([N+](=O)[O-])c2)cc1. The van der Waals surface area contributed by atoms with Gasteiger partial charge >= 0.3 is 0 Å². The molecule has 0 spiro atoms. The summed E-state index contributed by atoms with van der Waals surface area (Å²) in [5.41, 5.74) is 1.41. The summed E-state index contributed by atoms with van der Waals surface area (Å²) in [4.78, 5) is 25.6. The molecule has 7 heteroatoms. The average molecular weight is 369 g/mol. The molecule has 0 unspecified atom stereocenters. The van der Waals surface area contributed by atoms with Gasteiger partial charge in [0.1, 0.15) is 11.4 Å². The summed E-state index contributed by atoms with van der Waals surface area (Å²) < 4.78 is 5.37. The van der Waals surface area contributed by atoms with Crippen molar-refractivity contribution in [2.24, 2.45) is 0 Å². The normalized spacial score (nSPS) is 13.9. The van der Waals surface area contributed by atoms with Gasteiger partial charge in [0, 0.05) is 30.4 Å². The van der Waals surface area contributed by atoms with E-state index in [1.165, 1.54) is 6.07 Å². The molecule has 3 rings (SSSR count). The van der Waals surface area contributed by atoms with Crippen molar-refractivity contribution in [1.82, 2.24) is 0 Å². The molecule has 27 heavy (non-hydrogen) atoms. The van der Waals surface area contributed by atoms with Crippen molar-refractivity contribution in [3.05, 3.63) is 58.1 Å². The fourth-order valence-corrected chi connectivity index (χ4v) is 3.22. The van der Waals surface area contributed by atoms with Crippen LogP contribution in [0.15, 0.2) is 42.5 Å². The monoisotopic (exact) mass is 369 g/mol. The van der Waals surface area contributed by atoms with E-state index < -0.39 is 4.92 Å². The second-order valence-electron chi connectivity index (χ2n) is 6.42. The predicted molar refractivity (Wildman–Crippen MR) is 105 cm³/mol. The maximum Gasteiger partial charge on any atom is 0.293 e. The van der Waals surface area contributed by atoms with Gasteiger partial charge in [0.05, 0.1) is 11.5 Å². The van der Waals surface area contributed by atoms with Gasteiger partial charge in [0.2, 0.25) is 0 Å². The first kappa shape index (κ1) is 18.7. The minimum absolute atomic E-state index is 0.0313. The smallest absolute Gasteiger partial charge is 0.293 e. The summed E-state index contributed by atoms with van der Waals surface area (Å²) in [6.45, 7) is 4.08. The number of ether oxygens (including phenoxy) is 1. The molecule has 142 valence electrons. The summed E-state index contributed by atoms with van der Waals surface area (Å²) in [5.74, 6) is 0.337. The zero-order valence-corrected chi connectivity index (χ0v) is 15.3. The third kappa shape index (κ3) is 4.55. The van der Waals surface area contributed by atoms with Crippen molar-refractivity contribution in [3.8, 4) is 5.75 Å². The zero-order chi connectivity index (χ0) is 19.2. The first-order valence-electron chi connectivity index (χ1n) is 9.16. The van der Waals surface area contributed by atoms with Crippen LogP contribution in [0.4, 0.5) is 17.1 Å². The highest BCUT2D eigenvalue weighted by atomic mass is 16.6. The van der Waals surface area contributed by atoms with E-state index in [1.807, 2.05) is 11.8 Å². The number of carbonyl (C=O) groups excluding carboxylic acids is 1. The molecule has 0 saturated carbocycles. The molecule has 1 aliphatic rings. The highest BCUT2D eigenvalue weighted by molar-refractivity contribution is 6.05. The Bertz CT molecular complexity index is 814. The van der Waals surface area contributed by atoms with Crippen molar-refractivity contribution >= 4 is 23.0 Å². The van der Waals surface area contributed by atoms with E-state index in [-0.39, 0.29) is 17.2 Å². The molecular weight excluding hydrogens is 346 g/mol. The number of anilines is 2. The van der Waals surface area contributed by atoms with Gasteiger partial charge < -0.3 is 15.0 Å². The zero-order valence-electron chi connectivity index (χ0n) is 15.3. The topological polar surface area (TPSA) is 84.7 Å². The number of benzene rings is 2. The van der Waals surface area contributed by atoms with Gasteiger partial charge in [-0.1, -0.05) is 0 Å². The quantitative estimate of drug-likeness (QED) is 0.608. The molecule has 7 nitrogen and oxygen atoms in total. The van der Waals surface area contributed by atoms with Crippen LogP contribution in [0, 0.1) is 10.1 Å². The molecule has 1 N–H and O–H groups in total. The van der Waals surface area contributed by atoms with Crippen LogP contribution in [0.25, 0.3) is 0 Å². The molecule has 1 saturated heterocycles. The van der Waals surface area contributed by atoms with Crippen molar-refractivity contribution in [1.29, 1.82) is 0 Å². The largest absolute Gasteiger partial charge is 0.494 e. The van der Waals surface area contributed by atoms with Crippen LogP contribution in [0.2, 0.25) is 0 Å². The number of rotatable bonds is 6. The molecule has 1 amide bonds. The summed E-state index contributed by atoms with van der Waals surface area (Å²) in [6, 6.07) is 11.7. The molecule has 1 fully saturated rings. The second kappa shape index (κ2) is 8.53. The predicted octanol–water partition coefficient (Wildman–Crippen LogP) is 4.24. The highest BCUT2D eigenvalue weighted by Crippen LogP contribution is 2.31. The van der Waals surface area contributed by atoms with Crippen molar-refractivity contribution in [3.63, 3.8) is 0 Å². The molecule has 0 aliphatic carbocycles. The molecule has 0 radical (unpaired) electrons. The van der Waals surface area contributed by atoms with E-state index in [0.29, 0.717) is 18.0 Å². The molecular formula is C20H23N3O4. The Kier molecular flexibility index (Phi) is 5.90. The molecule has 2 aromatic rings. The van der Waals surface area contributed by atoms with Crippen LogP contribution in [-0.4, -0.2) is 30.5 Å². The van der Waals surface area contributed by atoms with Crippen molar-refractivity contribution in [2.45, 2.75) is 26.2 Å². The summed E-state index contributed by atoms with van der Waals surface area (Å²) in [7, 11) is 0. The maximum atomic E-state index is 12.5. The standard InChI is InChI=1S/C20H23N3O4/c1-2-27-17-9-7-16(8-10-17)21-20(24)15-6-11-18(19(14-15)23(25)26)22-12-4-3-5-13-22/h6-11,14H,2-5,12-13H2,1H3,(H,21,24). The number of amides is 1. The van der Waals surface area contributed by atoms with Gasteiger partial charge in [0.25, 0.3) is 11.6 Å². The summed E-state index contributed by atoms with van der Waals surface area (Å²) in [6.07, 6.45) is 3.20. The van der Waals surface area contributed by atoms with Gasteiger partial charge in [-0.05, 0) is 62.6 Å². The van der Waals surface area contributed by atoms with E-state index in [4.69, 9.17) is 4.74 Å². The first-order valence-corrected chi connectivity index (χ1v) is 9.16. The lowest BCUT2D eigenvalue weighted by molar-refractivity contribution is -0.384. The number of hydrogen-bond donors (Lipinski definition) is 1. The van der Waals surface area contributed by atoms with E-state index in [0.717, 1.165) is 38.1 Å². The van der Waals surface area contributed by atoms with E-state index >= 15 is 0 Å². The molecule has 0 atom stereocenters. The highest BCUT2D eigenvalue weighted by Gasteiger charge is 2.23. The molecule has 0 bridgehead atoms. The Labute approximate surface area is 158 Å². The van der Waals surface area contributed by atoms with Gasteiger partial charge in [-0.3, -0.25) is 14.9 Å². The van der Waals surface area contributed by atoms with Crippen LogP contribution in [0.5, 0.6) is 5.75 Å². The number of nitrogens with zero attached hydrogens (tertiary/aromatic N) is 2. The molecule has 0 aromatic heterocycles. The van der Waals surface area contributed by atoms with Crippen LogP contribution >= 0.6 is 0 Å². The Balaban J connectivity index is 1.78. The number of nitro benzene ring substituents is 1. The number of nitrogens with one attached hydrogen (secondary N) is 1. The minimum atomic E-state index is -0.419. The number of carbonyl (C=O) groups is 1. The van der Waals surface area contributed by atoms with Crippen LogP contribution < -0.4 is 15.0 Å². The lowest BCUT2D eigenvalue weighted by Crippen LogP contribution is -2.30. The number of nitro groups is 1. The maximum absolute atomic E-state index is 12.5. The minimum Gasteiger partial charge on any atom is -0.494 e. The van der Waals surface area contributed by atoms with E-state index in [9.17, 15) is 14.9 Å². The van der Waals surface area contributed by atoms with Crippen LogP contribution in [0.1, 0.15) is 36.5 Å². The number of hydrogen-bond acceptors (Lipinski definition) is 5. The number of piperidine rings is 1. The average Bonchev–Trinajstić information content (AvgIpc) is 2.70. The van der Waals surface area contributed by atoms with Crippen LogP contribution in [-0.2, 0) is 0 Å². The van der Waals surface area contributed by atoms with Crippen LogP contribution in [0.3, 0.4) is 0 Å². The van der Waals surface area contributed by atoms with Gasteiger partial charge in [0.15, 0.2) is 0 Å². The van der Waals surface area contributed by atoms with E-state index in [1.54, 1.807) is 36.4 Å². The van der Waals surface area contributed by atoms with Gasteiger partial charge in [-0.2, -0.15) is 0 Å². The van der Waals surface area contributed by atoms with Gasteiger partial charge in [-0.25, -0.2) is 0 Å². The van der Waals surface area contributed by atoms with Crippen molar-refractivity contribution in [2.75, 3.05) is 29.9 Å². The molecule has 2 aromatic carbocycles. The second-order valence-corrected chi connectivity index (χ2v) is 6.42. The molecule has 1 heterocycles. The summed E-state index contributed by atoms with van der Waals surface area (Å²) >= 11 is 0. The van der Waals surface area contributed by atoms with E-state index in [2.05, 4.69) is 5.32 Å². The Morgan fingerprint density at radius 1 is 1.15 bits per heavy atom. The third-order valence-electron chi connectivity index (χ3n) is 4.55. The third-order valence-corrected chi connectivity index (χ3v) is 4.55.